The highest BCUT2D eigenvalue weighted by Gasteiger charge is 2.37. The molecule has 0 fully saturated rings. The van der Waals surface area contributed by atoms with Crippen LogP contribution in [0.25, 0.3) is 0 Å². The van der Waals surface area contributed by atoms with E-state index >= 15 is 0 Å². The molecule has 6 amide bonds. The van der Waals surface area contributed by atoms with Crippen molar-refractivity contribution < 1.29 is 39.0 Å². The molecule has 2 unspecified atom stereocenters. The third-order valence-electron chi connectivity index (χ3n) is 5.51. The van der Waals surface area contributed by atoms with Gasteiger partial charge in [-0.25, -0.2) is 29.0 Å². The van der Waals surface area contributed by atoms with E-state index in [1.165, 1.54) is 48.5 Å². The average molecular weight is 518 g/mol. The second-order valence-electron chi connectivity index (χ2n) is 7.91. The number of carboxylic acids is 2. The van der Waals surface area contributed by atoms with E-state index in [2.05, 4.69) is 0 Å². The van der Waals surface area contributed by atoms with Gasteiger partial charge in [-0.2, -0.15) is 0 Å². The Bertz CT molecular complexity index is 1270. The fourth-order valence-electron chi connectivity index (χ4n) is 3.80. The third kappa shape index (κ3) is 5.65. The number of hydrogen-bond acceptors (Lipinski definition) is 6. The van der Waals surface area contributed by atoms with Crippen molar-refractivity contribution in [3.05, 3.63) is 107 Å². The number of benzene rings is 3. The fourth-order valence-corrected chi connectivity index (χ4v) is 3.80. The Kier molecular flexibility index (Phi) is 8.18. The zero-order valence-electron chi connectivity index (χ0n) is 19.6. The van der Waals surface area contributed by atoms with Crippen molar-refractivity contribution in [2.45, 2.75) is 12.1 Å². The van der Waals surface area contributed by atoms with Crippen molar-refractivity contribution in [2.24, 2.45) is 11.5 Å². The molecule has 0 saturated carbocycles. The van der Waals surface area contributed by atoms with E-state index < -0.39 is 47.9 Å². The molecule has 0 aromatic heterocycles. The van der Waals surface area contributed by atoms with E-state index in [0.717, 1.165) is 24.3 Å². The number of rotatable bonds is 8. The number of urea groups is 2. The van der Waals surface area contributed by atoms with Gasteiger partial charge < -0.3 is 21.7 Å². The summed E-state index contributed by atoms with van der Waals surface area (Å²) in [6, 6.07) is 13.3. The molecule has 0 aliphatic rings. The maximum atomic E-state index is 13.1. The van der Waals surface area contributed by atoms with Gasteiger partial charge in [0.05, 0.1) is 0 Å². The van der Waals surface area contributed by atoms with Crippen LogP contribution in [0.3, 0.4) is 0 Å². The van der Waals surface area contributed by atoms with E-state index in [9.17, 15) is 39.0 Å². The Morgan fingerprint density at radius 2 is 0.816 bits per heavy atom. The standard InChI is InChI=1S/C26H22N4O8/c27-25(37)29(19(23(33)34)15-7-3-1-4-8-15)21(31)17-11-13-18(14-12-17)22(32)30(26(28)38)20(24(35)36)16-9-5-2-6-10-16/h1-14,19-20H,(H2,27,37)(H2,28,38)(H,33,34)(H,35,36). The molecule has 0 bridgehead atoms. The predicted octanol–water partition coefficient (Wildman–Crippen LogP) is 2.38. The number of imide groups is 2. The Balaban J connectivity index is 1.95. The monoisotopic (exact) mass is 518 g/mol. The molecule has 3 aromatic rings. The normalized spacial score (nSPS) is 12.0. The van der Waals surface area contributed by atoms with Gasteiger partial charge in [-0.1, -0.05) is 60.7 Å². The van der Waals surface area contributed by atoms with Gasteiger partial charge in [-0.3, -0.25) is 9.59 Å². The second kappa shape index (κ2) is 11.5. The molecule has 0 aliphatic carbocycles. The van der Waals surface area contributed by atoms with E-state index in [1.54, 1.807) is 12.1 Å². The summed E-state index contributed by atoms with van der Waals surface area (Å²) in [5.74, 6) is -5.14. The highest BCUT2D eigenvalue weighted by Crippen LogP contribution is 2.26. The number of amides is 6. The first-order valence-electron chi connectivity index (χ1n) is 11.0. The molecule has 0 aliphatic heterocycles. The van der Waals surface area contributed by atoms with Crippen molar-refractivity contribution in [1.29, 1.82) is 0 Å². The van der Waals surface area contributed by atoms with Crippen molar-refractivity contribution in [2.75, 3.05) is 0 Å². The van der Waals surface area contributed by atoms with E-state index in [0.29, 0.717) is 9.80 Å². The average Bonchev–Trinajstić information content (AvgIpc) is 2.89. The van der Waals surface area contributed by atoms with Gasteiger partial charge in [-0.15, -0.1) is 0 Å². The molecule has 0 saturated heterocycles. The van der Waals surface area contributed by atoms with Crippen molar-refractivity contribution in [3.8, 4) is 0 Å². The molecule has 3 aromatic carbocycles. The first kappa shape index (κ1) is 27.1. The summed E-state index contributed by atoms with van der Waals surface area (Å²) in [6.07, 6.45) is 0. The molecule has 3 rings (SSSR count). The van der Waals surface area contributed by atoms with Gasteiger partial charge >= 0.3 is 24.0 Å². The number of hydrogen-bond donors (Lipinski definition) is 4. The molecule has 194 valence electrons. The molecule has 6 N–H and O–H groups in total. The lowest BCUT2D eigenvalue weighted by Gasteiger charge is -2.27. The lowest BCUT2D eigenvalue weighted by Crippen LogP contribution is -2.46. The number of carbonyl (C=O) groups excluding carboxylic acids is 4. The van der Waals surface area contributed by atoms with Crippen LogP contribution in [-0.4, -0.2) is 55.8 Å². The minimum absolute atomic E-state index is 0.122. The van der Waals surface area contributed by atoms with Crippen LogP contribution < -0.4 is 11.5 Å². The maximum absolute atomic E-state index is 13.1. The van der Waals surface area contributed by atoms with Crippen molar-refractivity contribution >= 4 is 35.8 Å². The molecule has 38 heavy (non-hydrogen) atoms. The zero-order chi connectivity index (χ0) is 28.0. The van der Waals surface area contributed by atoms with Crippen LogP contribution in [0, 0.1) is 0 Å². The number of primary amides is 2. The van der Waals surface area contributed by atoms with Crippen molar-refractivity contribution in [3.63, 3.8) is 0 Å². The Morgan fingerprint density at radius 1 is 0.526 bits per heavy atom. The minimum Gasteiger partial charge on any atom is -0.479 e. The molecule has 12 nitrogen and oxygen atoms in total. The molecule has 0 heterocycles. The molecular weight excluding hydrogens is 496 g/mol. The first-order valence-corrected chi connectivity index (χ1v) is 11.0. The van der Waals surface area contributed by atoms with Crippen LogP contribution in [0.2, 0.25) is 0 Å². The highest BCUT2D eigenvalue weighted by molar-refractivity contribution is 6.09. The number of nitrogens with zero attached hydrogens (tertiary/aromatic N) is 2. The third-order valence-corrected chi connectivity index (χ3v) is 5.51. The first-order chi connectivity index (χ1) is 18.0. The smallest absolute Gasteiger partial charge is 0.331 e. The van der Waals surface area contributed by atoms with Gasteiger partial charge in [0.25, 0.3) is 11.8 Å². The molecule has 0 spiro atoms. The number of carboxylic acid groups (broad SMARTS) is 2. The number of aliphatic carboxylic acids is 2. The number of carbonyl (C=O) groups is 6. The summed E-state index contributed by atoms with van der Waals surface area (Å²) in [7, 11) is 0. The van der Waals surface area contributed by atoms with Crippen LogP contribution in [0.5, 0.6) is 0 Å². The van der Waals surface area contributed by atoms with Gasteiger partial charge in [-0.05, 0) is 35.4 Å². The van der Waals surface area contributed by atoms with E-state index in [1.807, 2.05) is 0 Å². The molecular formula is C26H22N4O8. The Hall–Kier alpha value is -5.52. The van der Waals surface area contributed by atoms with Gasteiger partial charge in [0.2, 0.25) is 0 Å². The zero-order valence-corrected chi connectivity index (χ0v) is 19.6. The summed E-state index contributed by atoms with van der Waals surface area (Å²) < 4.78 is 0. The Morgan fingerprint density at radius 3 is 1.05 bits per heavy atom. The SMILES string of the molecule is NC(=O)N(C(=O)c1ccc(C(=O)N(C(N)=O)C(C(=O)O)c2ccccc2)cc1)C(C(=O)O)c1ccccc1. The summed E-state index contributed by atoms with van der Waals surface area (Å²) in [6.45, 7) is 0. The quantitative estimate of drug-likeness (QED) is 0.348. The maximum Gasteiger partial charge on any atom is 0.331 e. The second-order valence-corrected chi connectivity index (χ2v) is 7.91. The predicted molar refractivity (Wildman–Crippen MR) is 132 cm³/mol. The van der Waals surface area contributed by atoms with Crippen LogP contribution in [0.1, 0.15) is 43.9 Å². The largest absolute Gasteiger partial charge is 0.479 e. The van der Waals surface area contributed by atoms with Gasteiger partial charge in [0, 0.05) is 11.1 Å². The number of nitrogens with two attached hydrogens (primary N) is 2. The highest BCUT2D eigenvalue weighted by atomic mass is 16.4. The van der Waals surface area contributed by atoms with Crippen molar-refractivity contribution in [1.82, 2.24) is 9.80 Å². The van der Waals surface area contributed by atoms with Crippen LogP contribution in [0.4, 0.5) is 9.59 Å². The minimum atomic E-state index is -1.73. The molecule has 12 heteroatoms. The lowest BCUT2D eigenvalue weighted by atomic mass is 10.0. The topological polar surface area (TPSA) is 201 Å². The molecule has 2 atom stereocenters. The Labute approximate surface area is 215 Å². The van der Waals surface area contributed by atoms with Gasteiger partial charge in [0.1, 0.15) is 0 Å². The summed E-state index contributed by atoms with van der Waals surface area (Å²) in [5.41, 5.74) is 10.5. The summed E-state index contributed by atoms with van der Waals surface area (Å²) in [4.78, 5) is 75.2. The van der Waals surface area contributed by atoms with E-state index in [4.69, 9.17) is 11.5 Å². The van der Waals surface area contributed by atoms with Gasteiger partial charge in [0.15, 0.2) is 12.1 Å². The van der Waals surface area contributed by atoms with Crippen LogP contribution in [-0.2, 0) is 9.59 Å². The molecule has 0 radical (unpaired) electrons. The van der Waals surface area contributed by atoms with Crippen LogP contribution >= 0.6 is 0 Å². The summed E-state index contributed by atoms with van der Waals surface area (Å²) >= 11 is 0. The lowest BCUT2D eigenvalue weighted by molar-refractivity contribution is -0.142. The van der Waals surface area contributed by atoms with Crippen LogP contribution in [0.15, 0.2) is 84.9 Å². The fraction of sp³-hybridized carbons (Fsp3) is 0.0769. The summed E-state index contributed by atoms with van der Waals surface area (Å²) in [5, 5.41) is 19.4. The van der Waals surface area contributed by atoms with E-state index in [-0.39, 0.29) is 22.3 Å².